The summed E-state index contributed by atoms with van der Waals surface area (Å²) in [7, 11) is 0. The Morgan fingerprint density at radius 1 is 1.29 bits per heavy atom. The summed E-state index contributed by atoms with van der Waals surface area (Å²) in [6.45, 7) is -0.136. The van der Waals surface area contributed by atoms with Gasteiger partial charge in [0.25, 0.3) is 0 Å². The molecule has 0 aromatic heterocycles. The van der Waals surface area contributed by atoms with Crippen LogP contribution in [0.1, 0.15) is 18.9 Å². The zero-order chi connectivity index (χ0) is 12.7. The Hall–Kier alpha value is -1.20. The lowest BCUT2D eigenvalue weighted by molar-refractivity contribution is -0.0498. The SMILES string of the molecule is CC[C@H](CO)NCc1ccc(OC(F)F)cc1. The Bertz CT molecular complexity index is 313. The molecule has 0 unspecified atom stereocenters. The molecule has 0 fully saturated rings. The number of aliphatic hydroxyl groups is 1. The van der Waals surface area contributed by atoms with Crippen LogP contribution in [-0.4, -0.2) is 24.4 Å². The smallest absolute Gasteiger partial charge is 0.387 e. The van der Waals surface area contributed by atoms with Gasteiger partial charge in [0.15, 0.2) is 0 Å². The molecule has 1 atom stereocenters. The summed E-state index contributed by atoms with van der Waals surface area (Å²) in [5.74, 6) is 0.151. The number of halogens is 2. The molecule has 0 aliphatic carbocycles. The van der Waals surface area contributed by atoms with Crippen molar-refractivity contribution in [2.75, 3.05) is 6.61 Å². The fraction of sp³-hybridized carbons (Fsp3) is 0.500. The molecule has 0 aliphatic rings. The summed E-state index contributed by atoms with van der Waals surface area (Å²) < 4.78 is 28.1. The van der Waals surface area contributed by atoms with Crippen molar-refractivity contribution in [1.82, 2.24) is 5.32 Å². The average molecular weight is 245 g/mol. The Labute approximate surface area is 99.4 Å². The maximum Gasteiger partial charge on any atom is 0.387 e. The third-order valence-corrected chi connectivity index (χ3v) is 2.46. The van der Waals surface area contributed by atoms with E-state index in [1.807, 2.05) is 6.92 Å². The molecular weight excluding hydrogens is 228 g/mol. The van der Waals surface area contributed by atoms with Crippen LogP contribution in [0.25, 0.3) is 0 Å². The second kappa shape index (κ2) is 7.19. The first-order chi connectivity index (χ1) is 8.15. The van der Waals surface area contributed by atoms with E-state index in [2.05, 4.69) is 10.1 Å². The van der Waals surface area contributed by atoms with Crippen molar-refractivity contribution in [3.05, 3.63) is 29.8 Å². The summed E-state index contributed by atoms with van der Waals surface area (Å²) in [6.07, 6.45) is 0.836. The molecule has 0 radical (unpaired) electrons. The highest BCUT2D eigenvalue weighted by atomic mass is 19.3. The molecule has 1 aromatic carbocycles. The van der Waals surface area contributed by atoms with Crippen LogP contribution in [0.5, 0.6) is 5.75 Å². The van der Waals surface area contributed by atoms with Crippen LogP contribution in [0.2, 0.25) is 0 Å². The third kappa shape index (κ3) is 5.10. The van der Waals surface area contributed by atoms with Gasteiger partial charge >= 0.3 is 6.61 Å². The quantitative estimate of drug-likeness (QED) is 0.773. The molecule has 0 aliphatic heterocycles. The molecule has 0 saturated heterocycles. The minimum Gasteiger partial charge on any atom is -0.435 e. The first-order valence-corrected chi connectivity index (χ1v) is 5.53. The Morgan fingerprint density at radius 2 is 1.94 bits per heavy atom. The summed E-state index contributed by atoms with van der Waals surface area (Å²) in [6, 6.07) is 6.50. The highest BCUT2D eigenvalue weighted by Gasteiger charge is 2.05. The standard InChI is InChI=1S/C12H17F2NO2/c1-2-10(8-16)15-7-9-3-5-11(6-4-9)17-12(13)14/h3-6,10,12,15-16H,2,7-8H2,1H3/t10-/m1/s1. The molecule has 0 heterocycles. The normalized spacial score (nSPS) is 12.8. The van der Waals surface area contributed by atoms with Crippen LogP contribution in [0.3, 0.4) is 0 Å². The van der Waals surface area contributed by atoms with Gasteiger partial charge in [-0.2, -0.15) is 8.78 Å². The molecule has 0 saturated carbocycles. The van der Waals surface area contributed by atoms with Crippen LogP contribution >= 0.6 is 0 Å². The maximum absolute atomic E-state index is 11.9. The molecule has 0 bridgehead atoms. The summed E-state index contributed by atoms with van der Waals surface area (Å²) in [5.41, 5.74) is 0.957. The van der Waals surface area contributed by atoms with Gasteiger partial charge in [0.05, 0.1) is 6.61 Å². The van der Waals surface area contributed by atoms with Gasteiger partial charge in [-0.3, -0.25) is 0 Å². The van der Waals surface area contributed by atoms with Crippen LogP contribution in [-0.2, 0) is 6.54 Å². The number of aliphatic hydroxyl groups excluding tert-OH is 1. The van der Waals surface area contributed by atoms with Gasteiger partial charge in [-0.1, -0.05) is 19.1 Å². The van der Waals surface area contributed by atoms with Gasteiger partial charge in [-0.15, -0.1) is 0 Å². The van der Waals surface area contributed by atoms with E-state index in [1.165, 1.54) is 12.1 Å². The average Bonchev–Trinajstić information content (AvgIpc) is 2.32. The van der Waals surface area contributed by atoms with E-state index < -0.39 is 6.61 Å². The number of hydrogen-bond donors (Lipinski definition) is 2. The number of benzene rings is 1. The van der Waals surface area contributed by atoms with Crippen molar-refractivity contribution in [3.8, 4) is 5.75 Å². The second-order valence-electron chi connectivity index (χ2n) is 3.69. The first-order valence-electron chi connectivity index (χ1n) is 5.53. The maximum atomic E-state index is 11.9. The van der Waals surface area contributed by atoms with Crippen LogP contribution in [0.4, 0.5) is 8.78 Å². The second-order valence-corrected chi connectivity index (χ2v) is 3.69. The van der Waals surface area contributed by atoms with E-state index in [0.717, 1.165) is 12.0 Å². The number of nitrogens with one attached hydrogen (secondary N) is 1. The molecule has 96 valence electrons. The molecule has 5 heteroatoms. The summed E-state index contributed by atoms with van der Waals surface area (Å²) >= 11 is 0. The molecule has 0 spiro atoms. The van der Waals surface area contributed by atoms with E-state index in [4.69, 9.17) is 5.11 Å². The summed E-state index contributed by atoms with van der Waals surface area (Å²) in [5, 5.41) is 12.1. The summed E-state index contributed by atoms with van der Waals surface area (Å²) in [4.78, 5) is 0. The van der Waals surface area contributed by atoms with Gasteiger partial charge in [0, 0.05) is 12.6 Å². The highest BCUT2D eigenvalue weighted by Crippen LogP contribution is 2.14. The Morgan fingerprint density at radius 3 is 2.41 bits per heavy atom. The van der Waals surface area contributed by atoms with Crippen molar-refractivity contribution in [2.24, 2.45) is 0 Å². The zero-order valence-corrected chi connectivity index (χ0v) is 9.70. The van der Waals surface area contributed by atoms with Crippen molar-refractivity contribution in [2.45, 2.75) is 32.5 Å². The lowest BCUT2D eigenvalue weighted by Gasteiger charge is -2.14. The zero-order valence-electron chi connectivity index (χ0n) is 9.70. The molecule has 1 rings (SSSR count). The number of hydrogen-bond acceptors (Lipinski definition) is 3. The fourth-order valence-corrected chi connectivity index (χ4v) is 1.39. The first kappa shape index (κ1) is 13.9. The van der Waals surface area contributed by atoms with E-state index in [0.29, 0.717) is 6.54 Å². The molecule has 1 aromatic rings. The van der Waals surface area contributed by atoms with Crippen molar-refractivity contribution < 1.29 is 18.6 Å². The topological polar surface area (TPSA) is 41.5 Å². The molecule has 2 N–H and O–H groups in total. The largest absolute Gasteiger partial charge is 0.435 e. The molecule has 17 heavy (non-hydrogen) atoms. The van der Waals surface area contributed by atoms with Crippen LogP contribution in [0, 0.1) is 0 Å². The Balaban J connectivity index is 2.45. The molecule has 3 nitrogen and oxygen atoms in total. The van der Waals surface area contributed by atoms with E-state index >= 15 is 0 Å². The van der Waals surface area contributed by atoms with Crippen molar-refractivity contribution in [3.63, 3.8) is 0 Å². The van der Waals surface area contributed by atoms with E-state index in [-0.39, 0.29) is 18.4 Å². The monoisotopic (exact) mass is 245 g/mol. The van der Waals surface area contributed by atoms with Crippen LogP contribution in [0.15, 0.2) is 24.3 Å². The Kier molecular flexibility index (Phi) is 5.86. The number of ether oxygens (including phenoxy) is 1. The van der Waals surface area contributed by atoms with Gasteiger partial charge in [0.1, 0.15) is 5.75 Å². The predicted molar refractivity (Wildman–Crippen MR) is 61.1 cm³/mol. The van der Waals surface area contributed by atoms with E-state index in [1.54, 1.807) is 12.1 Å². The number of alkyl halides is 2. The minimum absolute atomic E-state index is 0.0620. The fourth-order valence-electron chi connectivity index (χ4n) is 1.39. The molecular formula is C12H17F2NO2. The van der Waals surface area contributed by atoms with Gasteiger partial charge in [-0.25, -0.2) is 0 Å². The van der Waals surface area contributed by atoms with Gasteiger partial charge < -0.3 is 15.2 Å². The molecule has 0 amide bonds. The van der Waals surface area contributed by atoms with Crippen molar-refractivity contribution >= 4 is 0 Å². The van der Waals surface area contributed by atoms with Crippen molar-refractivity contribution in [1.29, 1.82) is 0 Å². The van der Waals surface area contributed by atoms with Gasteiger partial charge in [0.2, 0.25) is 0 Å². The van der Waals surface area contributed by atoms with E-state index in [9.17, 15) is 8.78 Å². The lowest BCUT2D eigenvalue weighted by Crippen LogP contribution is -2.31. The van der Waals surface area contributed by atoms with Gasteiger partial charge in [-0.05, 0) is 24.1 Å². The highest BCUT2D eigenvalue weighted by molar-refractivity contribution is 5.27. The number of rotatable bonds is 7. The predicted octanol–water partition coefficient (Wildman–Crippen LogP) is 2.15. The lowest BCUT2D eigenvalue weighted by atomic mass is 10.2. The third-order valence-electron chi connectivity index (χ3n) is 2.46. The van der Waals surface area contributed by atoms with Crippen LogP contribution < -0.4 is 10.1 Å². The minimum atomic E-state index is -2.79.